The maximum absolute atomic E-state index is 12.5. The molecule has 2 N–H and O–H groups in total. The predicted octanol–water partition coefficient (Wildman–Crippen LogP) is 2.63. The molecule has 19 heavy (non-hydrogen) atoms. The van der Waals surface area contributed by atoms with E-state index < -0.39 is 6.43 Å². The number of carbonyl (C=O) groups is 1. The lowest BCUT2D eigenvalue weighted by atomic mass is 9.99. The molecule has 0 spiro atoms. The molecular formula is C14H18F2N2O. The summed E-state index contributed by atoms with van der Waals surface area (Å²) < 4.78 is 25.0. The largest absolute Gasteiger partial charge is 0.334 e. The third-order valence-corrected chi connectivity index (χ3v) is 3.47. The van der Waals surface area contributed by atoms with Crippen LogP contribution in [-0.2, 0) is 4.79 Å². The van der Waals surface area contributed by atoms with Crippen LogP contribution in [0.4, 0.5) is 8.78 Å². The van der Waals surface area contributed by atoms with Gasteiger partial charge in [-0.25, -0.2) is 8.78 Å². The number of likely N-dealkylation sites (tertiary alicyclic amines) is 1. The molecule has 5 heteroatoms. The number of hydrogen-bond acceptors (Lipinski definition) is 2. The molecule has 1 amide bonds. The molecule has 3 nitrogen and oxygen atoms in total. The Morgan fingerprint density at radius 1 is 1.37 bits per heavy atom. The molecule has 1 aliphatic rings. The van der Waals surface area contributed by atoms with Crippen molar-refractivity contribution < 1.29 is 13.6 Å². The molecule has 2 unspecified atom stereocenters. The summed E-state index contributed by atoms with van der Waals surface area (Å²) in [5, 5.41) is 0. The van der Waals surface area contributed by atoms with Crippen molar-refractivity contribution in [3.8, 4) is 0 Å². The van der Waals surface area contributed by atoms with Gasteiger partial charge in [-0.15, -0.1) is 0 Å². The monoisotopic (exact) mass is 268 g/mol. The summed E-state index contributed by atoms with van der Waals surface area (Å²) in [5.74, 6) is 0.0392. The topological polar surface area (TPSA) is 46.3 Å². The van der Waals surface area contributed by atoms with Crippen LogP contribution in [0.15, 0.2) is 24.3 Å². The molecular weight excluding hydrogens is 250 g/mol. The molecule has 0 aromatic heterocycles. The lowest BCUT2D eigenvalue weighted by Gasteiger charge is -2.27. The fourth-order valence-corrected chi connectivity index (χ4v) is 2.59. The van der Waals surface area contributed by atoms with Gasteiger partial charge in [0.1, 0.15) is 0 Å². The van der Waals surface area contributed by atoms with E-state index >= 15 is 0 Å². The summed E-state index contributed by atoms with van der Waals surface area (Å²) in [4.78, 5) is 13.6. The van der Waals surface area contributed by atoms with Crippen LogP contribution in [0.5, 0.6) is 0 Å². The highest BCUT2D eigenvalue weighted by atomic mass is 19.3. The van der Waals surface area contributed by atoms with Crippen molar-refractivity contribution in [2.75, 3.05) is 6.54 Å². The normalized spacial score (nSPS) is 23.4. The Balaban J connectivity index is 2.25. The number of halogens is 2. The molecule has 0 aliphatic carbocycles. The van der Waals surface area contributed by atoms with E-state index in [-0.39, 0.29) is 23.6 Å². The second-order valence-corrected chi connectivity index (χ2v) is 4.87. The number of nitrogens with two attached hydrogens (primary N) is 1. The van der Waals surface area contributed by atoms with Crippen LogP contribution in [0.1, 0.15) is 43.4 Å². The quantitative estimate of drug-likeness (QED) is 0.912. The molecule has 1 aliphatic heterocycles. The summed E-state index contributed by atoms with van der Waals surface area (Å²) in [6.45, 7) is 2.64. The molecule has 2 atom stereocenters. The van der Waals surface area contributed by atoms with Crippen LogP contribution in [-0.4, -0.2) is 23.4 Å². The van der Waals surface area contributed by atoms with Gasteiger partial charge in [-0.3, -0.25) is 4.79 Å². The molecule has 0 bridgehead atoms. The number of alkyl halides is 2. The Morgan fingerprint density at radius 3 is 2.53 bits per heavy atom. The zero-order chi connectivity index (χ0) is 14.0. The van der Waals surface area contributed by atoms with Gasteiger partial charge in [0.2, 0.25) is 5.91 Å². The number of hydrogen-bond donors (Lipinski definition) is 1. The Labute approximate surface area is 111 Å². The number of rotatable bonds is 4. The minimum Gasteiger partial charge on any atom is -0.334 e. The minimum atomic E-state index is -2.47. The molecule has 1 heterocycles. The lowest BCUT2D eigenvalue weighted by Crippen LogP contribution is -2.33. The van der Waals surface area contributed by atoms with Crippen LogP contribution < -0.4 is 5.73 Å². The highest BCUT2D eigenvalue weighted by Crippen LogP contribution is 2.33. The molecule has 0 radical (unpaired) electrons. The SMILES string of the molecule is CCCN1C(=O)CC(N)C1c1ccc(C(F)F)cc1. The zero-order valence-corrected chi connectivity index (χ0v) is 10.9. The number of amides is 1. The molecule has 1 fully saturated rings. The van der Waals surface area contributed by atoms with E-state index in [0.29, 0.717) is 13.0 Å². The highest BCUT2D eigenvalue weighted by molar-refractivity contribution is 5.80. The smallest absolute Gasteiger partial charge is 0.263 e. The van der Waals surface area contributed by atoms with Crippen molar-refractivity contribution in [1.29, 1.82) is 0 Å². The van der Waals surface area contributed by atoms with E-state index in [9.17, 15) is 13.6 Å². The lowest BCUT2D eigenvalue weighted by molar-refractivity contribution is -0.129. The Bertz CT molecular complexity index is 447. The third kappa shape index (κ3) is 2.76. The van der Waals surface area contributed by atoms with Crippen molar-refractivity contribution in [2.24, 2.45) is 5.73 Å². The van der Waals surface area contributed by atoms with E-state index in [0.717, 1.165) is 12.0 Å². The second-order valence-electron chi connectivity index (χ2n) is 4.87. The summed E-state index contributed by atoms with van der Waals surface area (Å²) in [6.07, 6.45) is -1.30. The molecule has 0 saturated carbocycles. The zero-order valence-electron chi connectivity index (χ0n) is 10.9. The second kappa shape index (κ2) is 5.65. The van der Waals surface area contributed by atoms with Gasteiger partial charge >= 0.3 is 0 Å². The van der Waals surface area contributed by atoms with Crippen LogP contribution in [0.2, 0.25) is 0 Å². The fourth-order valence-electron chi connectivity index (χ4n) is 2.59. The maximum Gasteiger partial charge on any atom is 0.263 e. The van der Waals surface area contributed by atoms with Crippen molar-refractivity contribution in [1.82, 2.24) is 4.90 Å². The van der Waals surface area contributed by atoms with Gasteiger partial charge in [0, 0.05) is 24.6 Å². The average Bonchev–Trinajstić information content (AvgIpc) is 2.65. The first-order chi connectivity index (χ1) is 9.04. The third-order valence-electron chi connectivity index (χ3n) is 3.47. The van der Waals surface area contributed by atoms with Crippen molar-refractivity contribution in [3.63, 3.8) is 0 Å². The van der Waals surface area contributed by atoms with Gasteiger partial charge in [0.25, 0.3) is 6.43 Å². The summed E-state index contributed by atoms with van der Waals surface area (Å²) in [5.41, 5.74) is 6.83. The molecule has 104 valence electrons. The van der Waals surface area contributed by atoms with Gasteiger partial charge in [-0.1, -0.05) is 31.2 Å². The standard InChI is InChI=1S/C14H18F2N2O/c1-2-7-18-12(19)8-11(17)13(18)9-3-5-10(6-4-9)14(15)16/h3-6,11,13-14H,2,7-8,17H2,1H3. The van der Waals surface area contributed by atoms with Crippen LogP contribution in [0.3, 0.4) is 0 Å². The van der Waals surface area contributed by atoms with Gasteiger partial charge in [0.15, 0.2) is 0 Å². The molecule has 1 aromatic carbocycles. The number of benzene rings is 1. The fraction of sp³-hybridized carbons (Fsp3) is 0.500. The summed E-state index contributed by atoms with van der Waals surface area (Å²) in [6, 6.07) is 5.63. The first kappa shape index (κ1) is 13.9. The van der Waals surface area contributed by atoms with Crippen molar-refractivity contribution >= 4 is 5.91 Å². The summed E-state index contributed by atoms with van der Waals surface area (Å²) in [7, 11) is 0. The van der Waals surface area contributed by atoms with Crippen LogP contribution in [0, 0.1) is 0 Å². The van der Waals surface area contributed by atoms with Gasteiger partial charge in [0.05, 0.1) is 6.04 Å². The Hall–Kier alpha value is -1.49. The first-order valence-electron chi connectivity index (χ1n) is 6.47. The van der Waals surface area contributed by atoms with Crippen LogP contribution >= 0.6 is 0 Å². The Morgan fingerprint density at radius 2 is 2.00 bits per heavy atom. The first-order valence-corrected chi connectivity index (χ1v) is 6.47. The van der Waals surface area contributed by atoms with E-state index in [4.69, 9.17) is 5.73 Å². The van der Waals surface area contributed by atoms with Gasteiger partial charge in [-0.2, -0.15) is 0 Å². The van der Waals surface area contributed by atoms with Crippen molar-refractivity contribution in [3.05, 3.63) is 35.4 Å². The Kier molecular flexibility index (Phi) is 4.14. The van der Waals surface area contributed by atoms with E-state index in [1.165, 1.54) is 12.1 Å². The van der Waals surface area contributed by atoms with E-state index in [1.54, 1.807) is 17.0 Å². The van der Waals surface area contributed by atoms with E-state index in [2.05, 4.69) is 0 Å². The van der Waals surface area contributed by atoms with Crippen molar-refractivity contribution in [2.45, 2.75) is 38.3 Å². The van der Waals surface area contributed by atoms with Gasteiger partial charge < -0.3 is 10.6 Å². The maximum atomic E-state index is 12.5. The highest BCUT2D eigenvalue weighted by Gasteiger charge is 2.37. The number of carbonyl (C=O) groups excluding carboxylic acids is 1. The van der Waals surface area contributed by atoms with Gasteiger partial charge in [-0.05, 0) is 12.0 Å². The molecule has 1 aromatic rings. The molecule has 1 saturated heterocycles. The predicted molar refractivity (Wildman–Crippen MR) is 68.7 cm³/mol. The molecule has 2 rings (SSSR count). The van der Waals surface area contributed by atoms with E-state index in [1.807, 2.05) is 6.92 Å². The average molecular weight is 268 g/mol. The summed E-state index contributed by atoms with van der Waals surface area (Å²) >= 11 is 0. The minimum absolute atomic E-state index is 0.0105. The van der Waals surface area contributed by atoms with Crippen LogP contribution in [0.25, 0.3) is 0 Å². The number of nitrogens with zero attached hydrogens (tertiary/aromatic N) is 1.